The first-order valence-electron chi connectivity index (χ1n) is 6.10. The fraction of sp³-hybridized carbons (Fsp3) is 0.133. The van der Waals surface area contributed by atoms with E-state index in [0.717, 1.165) is 5.56 Å². The molecule has 2 aromatic rings. The van der Waals surface area contributed by atoms with E-state index in [2.05, 4.69) is 0 Å². The first-order valence-corrected chi connectivity index (χ1v) is 6.10. The van der Waals surface area contributed by atoms with Crippen molar-refractivity contribution < 1.29 is 32.2 Å². The number of benzene rings is 2. The summed E-state index contributed by atoms with van der Waals surface area (Å²) in [6, 6.07) is 6.67. The van der Waals surface area contributed by atoms with Gasteiger partial charge in [-0.25, -0.2) is 13.6 Å². The molecule has 0 aliphatic rings. The number of carboxylic acid groups (broad SMARTS) is 1. The van der Waals surface area contributed by atoms with Gasteiger partial charge in [0.15, 0.2) is 17.4 Å². The highest BCUT2D eigenvalue weighted by atomic mass is 32.1. The highest BCUT2D eigenvalue weighted by molar-refractivity contribution is 7.59. The number of hydrogen-bond donors (Lipinski definition) is 1. The Morgan fingerprint density at radius 3 is 1.91 bits per heavy atom. The van der Waals surface area contributed by atoms with E-state index in [1.165, 1.54) is 0 Å². The number of carboxylic acids is 1. The van der Waals surface area contributed by atoms with Crippen LogP contribution in [0.1, 0.15) is 21.5 Å². The Morgan fingerprint density at radius 2 is 1.48 bits per heavy atom. The second-order valence-corrected chi connectivity index (χ2v) is 4.54. The quantitative estimate of drug-likeness (QED) is 0.672. The van der Waals surface area contributed by atoms with E-state index in [-0.39, 0.29) is 20.1 Å². The fourth-order valence-electron chi connectivity index (χ4n) is 1.77. The van der Waals surface area contributed by atoms with Crippen LogP contribution in [-0.2, 0) is 6.61 Å². The summed E-state index contributed by atoms with van der Waals surface area (Å²) in [5, 5.41) is 8.57. The summed E-state index contributed by atoms with van der Waals surface area (Å²) in [5.41, 5.74) is -0.228. The van der Waals surface area contributed by atoms with Gasteiger partial charge in [0.2, 0.25) is 11.6 Å². The van der Waals surface area contributed by atoms with Crippen LogP contribution in [0.25, 0.3) is 0 Å². The molecule has 0 aromatic heterocycles. The van der Waals surface area contributed by atoms with E-state index < -0.39 is 40.6 Å². The van der Waals surface area contributed by atoms with Gasteiger partial charge >= 0.3 is 5.97 Å². The number of rotatable bonds is 4. The molecule has 0 saturated heterocycles. The zero-order valence-electron chi connectivity index (χ0n) is 11.8. The van der Waals surface area contributed by atoms with Gasteiger partial charge < -0.3 is 9.84 Å². The highest BCUT2D eigenvalue weighted by Crippen LogP contribution is 2.30. The molecule has 0 aliphatic carbocycles. The largest absolute Gasteiger partial charge is 0.483 e. The van der Waals surface area contributed by atoms with Crippen molar-refractivity contribution in [2.24, 2.45) is 0 Å². The van der Waals surface area contributed by atoms with Crippen LogP contribution < -0.4 is 4.74 Å². The molecule has 3 nitrogen and oxygen atoms in total. The normalized spacial score (nSPS) is 10.1. The lowest BCUT2D eigenvalue weighted by Gasteiger charge is -2.11. The predicted molar refractivity (Wildman–Crippen MR) is 79.1 cm³/mol. The number of carbonyl (C=O) groups is 1. The van der Waals surface area contributed by atoms with Gasteiger partial charge in [0.05, 0.1) is 0 Å². The molecule has 0 spiro atoms. The van der Waals surface area contributed by atoms with Crippen LogP contribution in [0.15, 0.2) is 24.3 Å². The second kappa shape index (κ2) is 7.36. The molecule has 0 saturated carbocycles. The van der Waals surface area contributed by atoms with Gasteiger partial charge in [-0.1, -0.05) is 29.8 Å². The van der Waals surface area contributed by atoms with Crippen molar-refractivity contribution in [3.8, 4) is 5.75 Å². The maximum Gasteiger partial charge on any atom is 0.341 e. The molecular formula is C15H12F4O3S. The van der Waals surface area contributed by atoms with Crippen molar-refractivity contribution in [3.63, 3.8) is 0 Å². The van der Waals surface area contributed by atoms with Gasteiger partial charge in [0, 0.05) is 0 Å². The SMILES string of the molecule is Cc1ccc(COc2c(F)c(F)c(C(=O)O)c(F)c2F)cc1.S. The Balaban J connectivity index is 0.00000264. The molecule has 0 heterocycles. The molecule has 0 amide bonds. The third kappa shape index (κ3) is 3.76. The molecule has 0 unspecified atom stereocenters. The predicted octanol–water partition coefficient (Wildman–Crippen LogP) is 3.94. The van der Waals surface area contributed by atoms with Crippen molar-refractivity contribution in [1.29, 1.82) is 0 Å². The van der Waals surface area contributed by atoms with Crippen molar-refractivity contribution in [3.05, 3.63) is 64.2 Å². The van der Waals surface area contributed by atoms with E-state index in [1.54, 1.807) is 24.3 Å². The highest BCUT2D eigenvalue weighted by Gasteiger charge is 2.30. The Kier molecular flexibility index (Phi) is 6.03. The maximum absolute atomic E-state index is 13.7. The van der Waals surface area contributed by atoms with Gasteiger partial charge in [-0.2, -0.15) is 22.3 Å². The van der Waals surface area contributed by atoms with E-state index in [0.29, 0.717) is 5.56 Å². The first kappa shape index (κ1) is 18.8. The Morgan fingerprint density at radius 1 is 1.00 bits per heavy atom. The molecule has 8 heteroatoms. The van der Waals surface area contributed by atoms with Gasteiger partial charge in [-0.05, 0) is 12.5 Å². The average molecular weight is 348 g/mol. The summed E-state index contributed by atoms with van der Waals surface area (Å²) in [6.45, 7) is 1.50. The molecule has 2 aromatic carbocycles. The van der Waals surface area contributed by atoms with Crippen LogP contribution in [0.3, 0.4) is 0 Å². The van der Waals surface area contributed by atoms with E-state index in [4.69, 9.17) is 9.84 Å². The third-order valence-corrected chi connectivity index (χ3v) is 2.94. The number of aryl methyl sites for hydroxylation is 1. The minimum atomic E-state index is -2.11. The van der Waals surface area contributed by atoms with Crippen LogP contribution in [0.5, 0.6) is 5.75 Å². The van der Waals surface area contributed by atoms with E-state index in [1.807, 2.05) is 6.92 Å². The molecule has 0 radical (unpaired) electrons. The molecule has 124 valence electrons. The number of hydrogen-bond acceptors (Lipinski definition) is 2. The summed E-state index contributed by atoms with van der Waals surface area (Å²) in [7, 11) is 0. The van der Waals surface area contributed by atoms with Gasteiger partial charge in [0.1, 0.15) is 12.2 Å². The van der Waals surface area contributed by atoms with Gasteiger partial charge in [0.25, 0.3) is 0 Å². The van der Waals surface area contributed by atoms with Crippen molar-refractivity contribution >= 4 is 19.5 Å². The van der Waals surface area contributed by atoms with Crippen molar-refractivity contribution in [2.45, 2.75) is 13.5 Å². The summed E-state index contributed by atoms with van der Waals surface area (Å²) in [5.74, 6) is -11.2. The van der Waals surface area contributed by atoms with Crippen molar-refractivity contribution in [2.75, 3.05) is 0 Å². The lowest BCUT2D eigenvalue weighted by atomic mass is 10.1. The summed E-state index contributed by atoms with van der Waals surface area (Å²) < 4.78 is 59.1. The number of aromatic carboxylic acids is 1. The Hall–Kier alpha value is -2.22. The smallest absolute Gasteiger partial charge is 0.341 e. The second-order valence-electron chi connectivity index (χ2n) is 4.54. The Labute approximate surface area is 136 Å². The maximum atomic E-state index is 13.7. The molecule has 0 aliphatic heterocycles. The first-order chi connectivity index (χ1) is 10.3. The molecule has 0 fully saturated rings. The average Bonchev–Trinajstić information content (AvgIpc) is 2.47. The van der Waals surface area contributed by atoms with E-state index >= 15 is 0 Å². The fourth-order valence-corrected chi connectivity index (χ4v) is 1.77. The standard InChI is InChI=1S/C15H10F4O3.H2S/c1-7-2-4-8(5-3-7)6-22-14-12(18)10(16)9(15(20)21)11(17)13(14)19;/h2-5H,6H2,1H3,(H,20,21);1H2. The lowest BCUT2D eigenvalue weighted by Crippen LogP contribution is -2.12. The van der Waals surface area contributed by atoms with Crippen LogP contribution in [0.2, 0.25) is 0 Å². The van der Waals surface area contributed by atoms with Crippen molar-refractivity contribution in [1.82, 2.24) is 0 Å². The number of ether oxygens (including phenoxy) is 1. The molecule has 0 bridgehead atoms. The minimum Gasteiger partial charge on any atom is -0.483 e. The molecule has 23 heavy (non-hydrogen) atoms. The van der Waals surface area contributed by atoms with Gasteiger partial charge in [-0.15, -0.1) is 0 Å². The number of halogens is 4. The molecular weight excluding hydrogens is 336 g/mol. The van der Waals surface area contributed by atoms with Crippen LogP contribution in [-0.4, -0.2) is 11.1 Å². The zero-order valence-corrected chi connectivity index (χ0v) is 12.8. The van der Waals surface area contributed by atoms with Gasteiger partial charge in [-0.3, -0.25) is 0 Å². The molecule has 0 atom stereocenters. The van der Waals surface area contributed by atoms with Crippen LogP contribution in [0.4, 0.5) is 17.6 Å². The van der Waals surface area contributed by atoms with Crippen LogP contribution >= 0.6 is 13.5 Å². The molecule has 2 rings (SSSR count). The van der Waals surface area contributed by atoms with Crippen LogP contribution in [0, 0.1) is 30.2 Å². The zero-order chi connectivity index (χ0) is 16.4. The summed E-state index contributed by atoms with van der Waals surface area (Å²) >= 11 is 0. The Bertz CT molecular complexity index is 703. The monoisotopic (exact) mass is 348 g/mol. The van der Waals surface area contributed by atoms with E-state index in [9.17, 15) is 22.4 Å². The third-order valence-electron chi connectivity index (χ3n) is 2.94. The summed E-state index contributed by atoms with van der Waals surface area (Å²) in [6.07, 6.45) is 0. The summed E-state index contributed by atoms with van der Waals surface area (Å²) in [4.78, 5) is 10.6. The minimum absolute atomic E-state index is 0. The topological polar surface area (TPSA) is 46.5 Å². The lowest BCUT2D eigenvalue weighted by molar-refractivity contribution is 0.0682. The molecule has 1 N–H and O–H groups in total.